The van der Waals surface area contributed by atoms with Gasteiger partial charge in [-0.25, -0.2) is 0 Å². The number of ether oxygens (including phenoxy) is 1. The summed E-state index contributed by atoms with van der Waals surface area (Å²) in [5, 5.41) is 0. The molecule has 0 spiro atoms. The van der Waals surface area contributed by atoms with E-state index in [1.807, 2.05) is 13.8 Å². The number of rotatable bonds is 3. The second-order valence-electron chi connectivity index (χ2n) is 3.66. The van der Waals surface area contributed by atoms with Gasteiger partial charge in [0.15, 0.2) is 0 Å². The highest BCUT2D eigenvalue weighted by Crippen LogP contribution is 2.35. The van der Waals surface area contributed by atoms with Gasteiger partial charge in [-0.2, -0.15) is 0 Å². The predicted octanol–water partition coefficient (Wildman–Crippen LogP) is 1.32. The van der Waals surface area contributed by atoms with E-state index in [1.54, 1.807) is 7.11 Å². The Morgan fingerprint density at radius 3 is 2.33 bits per heavy atom. The van der Waals surface area contributed by atoms with Crippen LogP contribution < -0.4 is 5.73 Å². The van der Waals surface area contributed by atoms with Gasteiger partial charge in [0.25, 0.3) is 0 Å². The van der Waals surface area contributed by atoms with Crippen LogP contribution in [0.2, 0.25) is 0 Å². The Morgan fingerprint density at radius 2 is 2.08 bits per heavy atom. The van der Waals surface area contributed by atoms with Crippen LogP contribution in [0, 0.1) is 0 Å². The molecule has 0 aromatic rings. The molecule has 2 N–H and O–H groups in total. The van der Waals surface area contributed by atoms with E-state index in [-0.39, 0.29) is 11.6 Å². The van der Waals surface area contributed by atoms with Crippen molar-refractivity contribution in [2.75, 3.05) is 7.11 Å². The molecule has 0 radical (unpaired) electrons. The highest BCUT2D eigenvalue weighted by atomic mass is 16.5. The van der Waals surface area contributed by atoms with Gasteiger partial charge in [-0.1, -0.05) is 0 Å². The Kier molecular flexibility index (Phi) is 2.73. The molecule has 0 bridgehead atoms. The molecule has 1 fully saturated rings. The summed E-state index contributed by atoms with van der Waals surface area (Å²) in [6.07, 6.45) is 3.24. The van der Waals surface area contributed by atoms with Gasteiger partial charge in [0, 0.05) is 13.2 Å². The molecule has 1 aliphatic rings. The van der Waals surface area contributed by atoms with Crippen LogP contribution >= 0.6 is 0 Å². The first-order valence-electron chi connectivity index (χ1n) is 4.49. The molecule has 0 aromatic heterocycles. The highest BCUT2D eigenvalue weighted by Gasteiger charge is 2.40. The molecule has 3 heteroatoms. The number of hydrogen-bond donors (Lipinski definition) is 1. The molecule has 3 nitrogen and oxygen atoms in total. The summed E-state index contributed by atoms with van der Waals surface area (Å²) in [6, 6.07) is 0.262. The minimum atomic E-state index is -0.218. The summed E-state index contributed by atoms with van der Waals surface area (Å²) in [7, 11) is 1.71. The summed E-state index contributed by atoms with van der Waals surface area (Å²) in [5.74, 6) is 0.672. The van der Waals surface area contributed by atoms with Gasteiger partial charge in [0.2, 0.25) is 0 Å². The topological polar surface area (TPSA) is 47.6 Å². The Labute approximate surface area is 74.0 Å². The number of aliphatic imine (C=N–C) groups is 1. The summed E-state index contributed by atoms with van der Waals surface area (Å²) in [6.45, 7) is 4.05. The average molecular weight is 170 g/mol. The molecule has 1 rings (SSSR count). The molecule has 0 heterocycles. The SMILES string of the molecule is COC1(C(N)=NC(C)C)CCC1. The van der Waals surface area contributed by atoms with Gasteiger partial charge in [-0.3, -0.25) is 4.99 Å². The van der Waals surface area contributed by atoms with Crippen LogP contribution in [0.5, 0.6) is 0 Å². The fourth-order valence-corrected chi connectivity index (χ4v) is 1.46. The first-order chi connectivity index (χ1) is 5.60. The van der Waals surface area contributed by atoms with E-state index < -0.39 is 0 Å². The molecule has 70 valence electrons. The van der Waals surface area contributed by atoms with Crippen LogP contribution in [-0.2, 0) is 4.74 Å². The lowest BCUT2D eigenvalue weighted by Crippen LogP contribution is -2.51. The lowest BCUT2D eigenvalue weighted by atomic mass is 9.79. The summed E-state index contributed by atoms with van der Waals surface area (Å²) in [5.41, 5.74) is 5.63. The Morgan fingerprint density at radius 1 is 1.50 bits per heavy atom. The standard InChI is InChI=1S/C9H18N2O/c1-7(2)11-8(10)9(12-3)5-4-6-9/h7H,4-6H2,1-3H3,(H2,10,11). The van der Waals surface area contributed by atoms with Crippen molar-refractivity contribution in [2.45, 2.75) is 44.8 Å². The smallest absolute Gasteiger partial charge is 0.127 e. The minimum Gasteiger partial charge on any atom is -0.385 e. The van der Waals surface area contributed by atoms with E-state index in [9.17, 15) is 0 Å². The molecule has 0 unspecified atom stereocenters. The normalized spacial score (nSPS) is 22.5. The van der Waals surface area contributed by atoms with Gasteiger partial charge < -0.3 is 10.5 Å². The van der Waals surface area contributed by atoms with Gasteiger partial charge in [0.05, 0.1) is 0 Å². The van der Waals surface area contributed by atoms with E-state index in [0.29, 0.717) is 5.84 Å². The molecule has 0 aliphatic heterocycles. The molecular formula is C9H18N2O. The van der Waals surface area contributed by atoms with Crippen molar-refractivity contribution >= 4 is 5.84 Å². The summed E-state index contributed by atoms with van der Waals surface area (Å²) >= 11 is 0. The average Bonchev–Trinajstić information content (AvgIpc) is 1.83. The van der Waals surface area contributed by atoms with Crippen molar-refractivity contribution in [1.29, 1.82) is 0 Å². The Balaban J connectivity index is 2.66. The maximum absolute atomic E-state index is 5.85. The molecule has 1 saturated carbocycles. The Hall–Kier alpha value is -0.570. The van der Waals surface area contributed by atoms with Gasteiger partial charge in [0.1, 0.15) is 11.4 Å². The molecule has 12 heavy (non-hydrogen) atoms. The van der Waals surface area contributed by atoms with Gasteiger partial charge >= 0.3 is 0 Å². The second-order valence-corrected chi connectivity index (χ2v) is 3.66. The first kappa shape index (κ1) is 9.52. The maximum Gasteiger partial charge on any atom is 0.127 e. The van der Waals surface area contributed by atoms with Crippen LogP contribution in [0.1, 0.15) is 33.1 Å². The zero-order valence-corrected chi connectivity index (χ0v) is 8.13. The van der Waals surface area contributed by atoms with E-state index in [0.717, 1.165) is 12.8 Å². The van der Waals surface area contributed by atoms with E-state index >= 15 is 0 Å². The third-order valence-corrected chi connectivity index (χ3v) is 2.42. The highest BCUT2D eigenvalue weighted by molar-refractivity contribution is 5.90. The van der Waals surface area contributed by atoms with Crippen LogP contribution in [-0.4, -0.2) is 24.6 Å². The lowest BCUT2D eigenvalue weighted by Gasteiger charge is -2.39. The fourth-order valence-electron chi connectivity index (χ4n) is 1.46. The van der Waals surface area contributed by atoms with Crippen molar-refractivity contribution < 1.29 is 4.74 Å². The number of amidine groups is 1. The van der Waals surface area contributed by atoms with Crippen molar-refractivity contribution in [3.63, 3.8) is 0 Å². The monoisotopic (exact) mass is 170 g/mol. The van der Waals surface area contributed by atoms with Crippen molar-refractivity contribution in [3.8, 4) is 0 Å². The largest absolute Gasteiger partial charge is 0.385 e. The van der Waals surface area contributed by atoms with E-state index in [1.165, 1.54) is 6.42 Å². The van der Waals surface area contributed by atoms with E-state index in [2.05, 4.69) is 4.99 Å². The number of nitrogens with zero attached hydrogens (tertiary/aromatic N) is 1. The van der Waals surface area contributed by atoms with Crippen LogP contribution in [0.15, 0.2) is 4.99 Å². The third-order valence-electron chi connectivity index (χ3n) is 2.42. The molecule has 1 aliphatic carbocycles. The molecular weight excluding hydrogens is 152 g/mol. The van der Waals surface area contributed by atoms with Crippen molar-refractivity contribution in [2.24, 2.45) is 10.7 Å². The van der Waals surface area contributed by atoms with Gasteiger partial charge in [-0.15, -0.1) is 0 Å². The zero-order chi connectivity index (χ0) is 9.19. The lowest BCUT2D eigenvalue weighted by molar-refractivity contribution is -0.0137. The quantitative estimate of drug-likeness (QED) is 0.513. The molecule has 0 saturated heterocycles. The van der Waals surface area contributed by atoms with Crippen LogP contribution in [0.25, 0.3) is 0 Å². The van der Waals surface area contributed by atoms with Crippen LogP contribution in [0.3, 0.4) is 0 Å². The first-order valence-corrected chi connectivity index (χ1v) is 4.49. The maximum atomic E-state index is 5.85. The van der Waals surface area contributed by atoms with Crippen molar-refractivity contribution in [3.05, 3.63) is 0 Å². The number of methoxy groups -OCH3 is 1. The van der Waals surface area contributed by atoms with Crippen LogP contribution in [0.4, 0.5) is 0 Å². The van der Waals surface area contributed by atoms with Gasteiger partial charge in [-0.05, 0) is 33.1 Å². The molecule has 0 atom stereocenters. The predicted molar refractivity (Wildman–Crippen MR) is 50.3 cm³/mol. The number of nitrogens with two attached hydrogens (primary N) is 1. The Bertz CT molecular complexity index is 177. The summed E-state index contributed by atoms with van der Waals surface area (Å²) in [4.78, 5) is 4.31. The van der Waals surface area contributed by atoms with E-state index in [4.69, 9.17) is 10.5 Å². The minimum absolute atomic E-state index is 0.218. The summed E-state index contributed by atoms with van der Waals surface area (Å²) < 4.78 is 5.38. The zero-order valence-electron chi connectivity index (χ0n) is 8.13. The van der Waals surface area contributed by atoms with Crippen molar-refractivity contribution in [1.82, 2.24) is 0 Å². The molecule has 0 aromatic carbocycles. The second kappa shape index (κ2) is 3.44. The third kappa shape index (κ3) is 1.61. The number of hydrogen-bond acceptors (Lipinski definition) is 2. The fraction of sp³-hybridized carbons (Fsp3) is 0.889. The molecule has 0 amide bonds.